The third kappa shape index (κ3) is 5.42. The molecule has 1 saturated heterocycles. The summed E-state index contributed by atoms with van der Waals surface area (Å²) in [5.74, 6) is -0.210. The minimum atomic E-state index is -3.81. The second-order valence-electron chi connectivity index (χ2n) is 8.46. The molecule has 1 atom stereocenters. The van der Waals surface area contributed by atoms with E-state index in [2.05, 4.69) is 31.7 Å². The normalized spacial score (nSPS) is 17.0. The lowest BCUT2D eigenvalue weighted by atomic mass is 10.1. The van der Waals surface area contributed by atoms with Crippen LogP contribution in [0, 0.1) is 0 Å². The van der Waals surface area contributed by atoms with Crippen molar-refractivity contribution in [3.8, 4) is 0 Å². The predicted octanol–water partition coefficient (Wildman–Crippen LogP) is 5.10. The number of anilines is 1. The molecular formula is C24H31ClN4O3S3. The van der Waals surface area contributed by atoms with Crippen LogP contribution in [0.3, 0.4) is 0 Å². The minimum Gasteiger partial charge on any atom is -0.302 e. The van der Waals surface area contributed by atoms with Gasteiger partial charge in [-0.1, -0.05) is 55.8 Å². The third-order valence-corrected chi connectivity index (χ3v) is 11.2. The fraction of sp³-hybridized carbons (Fsp3) is 0.500. The number of likely N-dealkylation sites (N-methyl/N-ethyl adjacent to an activating group) is 1. The SMILES string of the molecule is CCc1cccc2sc(N(CCN(CC)CC)C(=O)C3CCCN3S(=O)(=O)c3ccc(Cl)s3)nc12. The lowest BCUT2D eigenvalue weighted by Crippen LogP contribution is -2.49. The summed E-state index contributed by atoms with van der Waals surface area (Å²) in [6.07, 6.45) is 1.98. The first kappa shape index (κ1) is 26.5. The van der Waals surface area contributed by atoms with Gasteiger partial charge >= 0.3 is 0 Å². The lowest BCUT2D eigenvalue weighted by molar-refractivity contribution is -0.121. The number of fused-ring (bicyclic) bond motifs is 1. The Balaban J connectivity index is 1.69. The van der Waals surface area contributed by atoms with Crippen LogP contribution in [-0.2, 0) is 21.2 Å². The van der Waals surface area contributed by atoms with Crippen molar-refractivity contribution in [3.05, 3.63) is 40.2 Å². The molecule has 3 aromatic rings. The Hall–Kier alpha value is -1.56. The highest BCUT2D eigenvalue weighted by Gasteiger charge is 2.42. The van der Waals surface area contributed by atoms with Crippen molar-refractivity contribution in [2.45, 2.75) is 50.3 Å². The zero-order valence-electron chi connectivity index (χ0n) is 20.2. The number of sulfonamides is 1. The maximum absolute atomic E-state index is 14.0. The van der Waals surface area contributed by atoms with Gasteiger partial charge in [-0.2, -0.15) is 4.31 Å². The number of thiophene rings is 1. The molecule has 0 bridgehead atoms. The van der Waals surface area contributed by atoms with Crippen LogP contribution in [0.2, 0.25) is 4.34 Å². The molecular weight excluding hydrogens is 524 g/mol. The van der Waals surface area contributed by atoms with E-state index < -0.39 is 16.1 Å². The third-order valence-electron chi connectivity index (χ3n) is 6.50. The molecule has 1 fully saturated rings. The van der Waals surface area contributed by atoms with Crippen molar-refractivity contribution >= 4 is 65.6 Å². The van der Waals surface area contributed by atoms with Crippen LogP contribution in [0.1, 0.15) is 39.2 Å². The van der Waals surface area contributed by atoms with Gasteiger partial charge in [0.25, 0.3) is 10.0 Å². The van der Waals surface area contributed by atoms with E-state index in [-0.39, 0.29) is 10.1 Å². The fourth-order valence-corrected chi connectivity index (χ4v) is 8.79. The topological polar surface area (TPSA) is 73.8 Å². The smallest absolute Gasteiger partial charge is 0.253 e. The maximum atomic E-state index is 14.0. The van der Waals surface area contributed by atoms with E-state index >= 15 is 0 Å². The molecule has 0 spiro atoms. The molecule has 0 N–H and O–H groups in total. The van der Waals surface area contributed by atoms with Crippen molar-refractivity contribution in [2.75, 3.05) is 37.6 Å². The van der Waals surface area contributed by atoms with Crippen LogP contribution in [0.5, 0.6) is 0 Å². The molecule has 1 aliphatic heterocycles. The van der Waals surface area contributed by atoms with E-state index in [1.54, 1.807) is 11.0 Å². The number of nitrogens with zero attached hydrogens (tertiary/aromatic N) is 4. The zero-order valence-corrected chi connectivity index (χ0v) is 23.4. The van der Waals surface area contributed by atoms with E-state index in [0.29, 0.717) is 41.9 Å². The van der Waals surface area contributed by atoms with Crippen LogP contribution >= 0.6 is 34.3 Å². The highest BCUT2D eigenvalue weighted by Crippen LogP contribution is 2.35. The Labute approximate surface area is 220 Å². The van der Waals surface area contributed by atoms with Crippen LogP contribution in [-0.4, -0.2) is 67.3 Å². The fourth-order valence-electron chi connectivity index (χ4n) is 4.48. The van der Waals surface area contributed by atoms with E-state index in [9.17, 15) is 13.2 Å². The van der Waals surface area contributed by atoms with Crippen LogP contribution < -0.4 is 4.90 Å². The monoisotopic (exact) mass is 554 g/mol. The summed E-state index contributed by atoms with van der Waals surface area (Å²) in [6, 6.07) is 8.44. The van der Waals surface area contributed by atoms with E-state index in [1.807, 2.05) is 12.1 Å². The summed E-state index contributed by atoms with van der Waals surface area (Å²) in [7, 11) is -3.81. The molecule has 0 saturated carbocycles. The minimum absolute atomic E-state index is 0.171. The van der Waals surface area contributed by atoms with E-state index in [4.69, 9.17) is 16.6 Å². The Morgan fingerprint density at radius 2 is 1.91 bits per heavy atom. The first-order valence-electron chi connectivity index (χ1n) is 12.0. The Morgan fingerprint density at radius 1 is 1.14 bits per heavy atom. The van der Waals surface area contributed by atoms with Crippen molar-refractivity contribution in [1.82, 2.24) is 14.2 Å². The molecule has 4 rings (SSSR count). The summed E-state index contributed by atoms with van der Waals surface area (Å²) in [4.78, 5) is 22.8. The number of halogens is 1. The summed E-state index contributed by atoms with van der Waals surface area (Å²) in [6.45, 7) is 9.50. The summed E-state index contributed by atoms with van der Waals surface area (Å²) in [5, 5.41) is 0.626. The molecule has 0 aliphatic carbocycles. The Morgan fingerprint density at radius 3 is 2.57 bits per heavy atom. The van der Waals surface area contributed by atoms with Crippen LogP contribution in [0.25, 0.3) is 10.2 Å². The number of benzene rings is 1. The van der Waals surface area contributed by atoms with E-state index in [0.717, 1.165) is 46.6 Å². The van der Waals surface area contributed by atoms with Gasteiger partial charge in [-0.3, -0.25) is 9.69 Å². The van der Waals surface area contributed by atoms with Gasteiger partial charge in [0.05, 0.1) is 14.6 Å². The second-order valence-corrected chi connectivity index (χ2v) is 13.3. The molecule has 3 heterocycles. The molecule has 7 nitrogen and oxygen atoms in total. The van der Waals surface area contributed by atoms with Gasteiger partial charge in [0.15, 0.2) is 5.13 Å². The molecule has 1 aliphatic rings. The molecule has 35 heavy (non-hydrogen) atoms. The van der Waals surface area contributed by atoms with Crippen LogP contribution in [0.4, 0.5) is 5.13 Å². The lowest BCUT2D eigenvalue weighted by Gasteiger charge is -2.29. The number of aromatic nitrogens is 1. The second kappa shape index (κ2) is 11.2. The number of thiazole rings is 1. The Bertz CT molecular complexity index is 1290. The Kier molecular flexibility index (Phi) is 8.50. The number of aryl methyl sites for hydroxylation is 1. The van der Waals surface area contributed by atoms with Gasteiger partial charge < -0.3 is 4.90 Å². The summed E-state index contributed by atoms with van der Waals surface area (Å²) >= 11 is 8.52. The van der Waals surface area contributed by atoms with Crippen molar-refractivity contribution in [2.24, 2.45) is 0 Å². The number of rotatable bonds is 10. The first-order chi connectivity index (χ1) is 16.8. The number of hydrogen-bond donors (Lipinski definition) is 0. The molecule has 190 valence electrons. The van der Waals surface area contributed by atoms with Gasteiger partial charge in [0.1, 0.15) is 10.3 Å². The average molecular weight is 555 g/mol. The summed E-state index contributed by atoms with van der Waals surface area (Å²) in [5.41, 5.74) is 2.06. The molecule has 1 amide bonds. The number of amides is 1. The van der Waals surface area contributed by atoms with Gasteiger partial charge in [-0.15, -0.1) is 11.3 Å². The predicted molar refractivity (Wildman–Crippen MR) is 145 cm³/mol. The van der Waals surface area contributed by atoms with Gasteiger partial charge in [0.2, 0.25) is 5.91 Å². The van der Waals surface area contributed by atoms with E-state index in [1.165, 1.54) is 21.7 Å². The highest BCUT2D eigenvalue weighted by atomic mass is 35.5. The van der Waals surface area contributed by atoms with Crippen molar-refractivity contribution in [3.63, 3.8) is 0 Å². The molecule has 1 unspecified atom stereocenters. The standard InChI is InChI=1S/C24H31ClN4O3S3/c1-4-17-9-7-11-19-22(17)26-24(33-19)28(16-15-27(5-2)6-3)23(30)18-10-8-14-29(18)35(31,32)21-13-12-20(25)34-21/h7,9,11-13,18H,4-6,8,10,14-16H2,1-3H3. The van der Waals surface area contributed by atoms with Gasteiger partial charge in [-0.25, -0.2) is 13.4 Å². The van der Waals surface area contributed by atoms with Crippen molar-refractivity contribution < 1.29 is 13.2 Å². The number of para-hydroxylation sites is 1. The number of carbonyl (C=O) groups excluding carboxylic acids is 1. The largest absolute Gasteiger partial charge is 0.302 e. The molecule has 0 radical (unpaired) electrons. The van der Waals surface area contributed by atoms with Gasteiger partial charge in [0, 0.05) is 19.6 Å². The molecule has 2 aromatic heterocycles. The number of carbonyl (C=O) groups is 1. The first-order valence-corrected chi connectivity index (χ1v) is 15.4. The molecule has 1 aromatic carbocycles. The maximum Gasteiger partial charge on any atom is 0.253 e. The number of hydrogen-bond acceptors (Lipinski definition) is 7. The van der Waals surface area contributed by atoms with Gasteiger partial charge in [-0.05, 0) is 56.1 Å². The highest BCUT2D eigenvalue weighted by molar-refractivity contribution is 7.91. The van der Waals surface area contributed by atoms with Crippen molar-refractivity contribution in [1.29, 1.82) is 0 Å². The zero-order chi connectivity index (χ0) is 25.2. The average Bonchev–Trinajstić information content (AvgIpc) is 3.60. The quantitative estimate of drug-likeness (QED) is 0.348. The molecule has 11 heteroatoms. The van der Waals surface area contributed by atoms with Crippen LogP contribution in [0.15, 0.2) is 34.5 Å². The summed E-state index contributed by atoms with van der Waals surface area (Å²) < 4.78 is 29.7.